The van der Waals surface area contributed by atoms with Crippen LogP contribution in [-0.2, 0) is 0 Å². The molecule has 0 atom stereocenters. The summed E-state index contributed by atoms with van der Waals surface area (Å²) in [6.45, 7) is 1.38. The summed E-state index contributed by atoms with van der Waals surface area (Å²) < 4.78 is 19.2. The lowest BCUT2D eigenvalue weighted by atomic mass is 10.1. The molecule has 4 rings (SSSR count). The van der Waals surface area contributed by atoms with E-state index >= 15 is 0 Å². The van der Waals surface area contributed by atoms with Gasteiger partial charge in [-0.1, -0.05) is 11.6 Å². The number of carbonyl (C=O) groups is 2. The first-order chi connectivity index (χ1) is 14.0. The maximum Gasteiger partial charge on any atom is 0.270 e. The molecule has 0 unspecified atom stereocenters. The van der Waals surface area contributed by atoms with Gasteiger partial charge in [0.15, 0.2) is 0 Å². The van der Waals surface area contributed by atoms with Crippen LogP contribution in [0.25, 0.3) is 10.9 Å². The lowest BCUT2D eigenvalue weighted by molar-refractivity contribution is 0.0530. The Balaban J connectivity index is 1.44. The Morgan fingerprint density at radius 1 is 1.00 bits per heavy atom. The van der Waals surface area contributed by atoms with E-state index in [2.05, 4.69) is 4.98 Å². The molecular formula is C21H19ClFN3O3. The highest BCUT2D eigenvalue weighted by molar-refractivity contribution is 6.31. The summed E-state index contributed by atoms with van der Waals surface area (Å²) >= 11 is 5.88. The molecule has 8 heteroatoms. The summed E-state index contributed by atoms with van der Waals surface area (Å²) in [7, 11) is 1.59. The fraction of sp³-hybridized carbons (Fsp3) is 0.238. The van der Waals surface area contributed by atoms with E-state index in [0.29, 0.717) is 42.6 Å². The number of hydrogen-bond acceptors (Lipinski definition) is 3. The van der Waals surface area contributed by atoms with Gasteiger partial charge < -0.3 is 19.5 Å². The van der Waals surface area contributed by atoms with E-state index in [1.54, 1.807) is 18.1 Å². The van der Waals surface area contributed by atoms with Gasteiger partial charge >= 0.3 is 0 Å². The summed E-state index contributed by atoms with van der Waals surface area (Å²) in [5, 5.41) is 1.22. The summed E-state index contributed by atoms with van der Waals surface area (Å²) in [5.74, 6) is -0.457. The number of amides is 2. The number of piperazine rings is 1. The van der Waals surface area contributed by atoms with Crippen molar-refractivity contribution in [2.45, 2.75) is 0 Å². The molecule has 2 heterocycles. The number of carbonyl (C=O) groups excluding carboxylic acids is 2. The van der Waals surface area contributed by atoms with Gasteiger partial charge in [0, 0.05) is 48.2 Å². The summed E-state index contributed by atoms with van der Waals surface area (Å²) in [4.78, 5) is 31.8. The van der Waals surface area contributed by atoms with Crippen molar-refractivity contribution in [3.8, 4) is 5.75 Å². The first-order valence-corrected chi connectivity index (χ1v) is 9.54. The molecule has 6 nitrogen and oxygen atoms in total. The number of rotatable bonds is 3. The second-order valence-corrected chi connectivity index (χ2v) is 7.28. The monoisotopic (exact) mass is 415 g/mol. The van der Waals surface area contributed by atoms with Crippen molar-refractivity contribution in [2.24, 2.45) is 0 Å². The molecule has 0 bridgehead atoms. The van der Waals surface area contributed by atoms with Crippen LogP contribution >= 0.6 is 11.6 Å². The third-order valence-corrected chi connectivity index (χ3v) is 5.31. The number of aromatic nitrogens is 1. The molecule has 0 spiro atoms. The molecule has 3 aromatic rings. The molecule has 1 aliphatic heterocycles. The number of fused-ring (bicyclic) bond motifs is 1. The van der Waals surface area contributed by atoms with Crippen LogP contribution in [0.5, 0.6) is 5.75 Å². The van der Waals surface area contributed by atoms with E-state index in [1.807, 2.05) is 18.2 Å². The average molecular weight is 416 g/mol. The number of nitrogens with one attached hydrogen (secondary N) is 1. The SMILES string of the molecule is COc1ccc2cc(C(=O)N3CCN(C(=O)c4cc(Cl)ccc4F)CC3)[nH]c2c1. The minimum absolute atomic E-state index is 0.0539. The standard InChI is InChI=1S/C21H19ClFN3O3/c1-29-15-4-2-13-10-19(24-18(13)12-15)21(28)26-8-6-25(7-9-26)20(27)16-11-14(22)3-5-17(16)23/h2-5,10-12,24H,6-9H2,1H3. The second kappa shape index (κ2) is 7.75. The van der Waals surface area contributed by atoms with Crippen LogP contribution in [0.4, 0.5) is 4.39 Å². The normalized spacial score (nSPS) is 14.3. The summed E-state index contributed by atoms with van der Waals surface area (Å²) in [6.07, 6.45) is 0. The Labute approximate surface area is 171 Å². The van der Waals surface area contributed by atoms with E-state index in [-0.39, 0.29) is 11.5 Å². The number of hydrogen-bond donors (Lipinski definition) is 1. The van der Waals surface area contributed by atoms with Gasteiger partial charge in [-0.2, -0.15) is 0 Å². The Morgan fingerprint density at radius 3 is 2.38 bits per heavy atom. The van der Waals surface area contributed by atoms with Crippen LogP contribution in [-0.4, -0.2) is 59.9 Å². The highest BCUT2D eigenvalue weighted by Gasteiger charge is 2.27. The predicted octanol–water partition coefficient (Wildman–Crippen LogP) is 3.57. The lowest BCUT2D eigenvalue weighted by Crippen LogP contribution is -2.50. The van der Waals surface area contributed by atoms with Crippen molar-refractivity contribution in [3.05, 3.63) is 64.6 Å². The zero-order chi connectivity index (χ0) is 20.5. The molecular weight excluding hydrogens is 397 g/mol. The first-order valence-electron chi connectivity index (χ1n) is 9.16. The molecule has 2 amide bonds. The van der Waals surface area contributed by atoms with Crippen LogP contribution < -0.4 is 4.74 Å². The van der Waals surface area contributed by atoms with Crippen molar-refractivity contribution < 1.29 is 18.7 Å². The summed E-state index contributed by atoms with van der Waals surface area (Å²) in [6, 6.07) is 11.3. The van der Waals surface area contributed by atoms with Crippen molar-refractivity contribution in [1.29, 1.82) is 0 Å². The number of aromatic amines is 1. The van der Waals surface area contributed by atoms with Gasteiger partial charge in [-0.3, -0.25) is 9.59 Å². The summed E-state index contributed by atoms with van der Waals surface area (Å²) in [5.41, 5.74) is 1.24. The minimum atomic E-state index is -0.605. The molecule has 0 saturated carbocycles. The largest absolute Gasteiger partial charge is 0.497 e. The number of nitrogens with zero attached hydrogens (tertiary/aromatic N) is 2. The van der Waals surface area contributed by atoms with Gasteiger partial charge in [0.2, 0.25) is 0 Å². The van der Waals surface area contributed by atoms with E-state index in [4.69, 9.17) is 16.3 Å². The Kier molecular flexibility index (Phi) is 5.15. The van der Waals surface area contributed by atoms with Gasteiger partial charge in [-0.25, -0.2) is 4.39 Å². The highest BCUT2D eigenvalue weighted by Crippen LogP contribution is 2.23. The smallest absolute Gasteiger partial charge is 0.270 e. The van der Waals surface area contributed by atoms with Crippen molar-refractivity contribution in [3.63, 3.8) is 0 Å². The van der Waals surface area contributed by atoms with E-state index in [0.717, 1.165) is 10.9 Å². The maximum absolute atomic E-state index is 14.0. The molecule has 1 N–H and O–H groups in total. The van der Waals surface area contributed by atoms with Crippen LogP contribution in [0.2, 0.25) is 5.02 Å². The second-order valence-electron chi connectivity index (χ2n) is 6.84. The quantitative estimate of drug-likeness (QED) is 0.711. The van der Waals surface area contributed by atoms with Crippen LogP contribution in [0.15, 0.2) is 42.5 Å². The Morgan fingerprint density at radius 2 is 1.69 bits per heavy atom. The molecule has 1 aliphatic rings. The van der Waals surface area contributed by atoms with Crippen molar-refractivity contribution >= 4 is 34.3 Å². The van der Waals surface area contributed by atoms with Gasteiger partial charge in [-0.15, -0.1) is 0 Å². The average Bonchev–Trinajstić information content (AvgIpc) is 3.17. The van der Waals surface area contributed by atoms with E-state index < -0.39 is 11.7 Å². The number of halogens is 2. The van der Waals surface area contributed by atoms with Crippen molar-refractivity contribution in [1.82, 2.24) is 14.8 Å². The van der Waals surface area contributed by atoms with E-state index in [1.165, 1.54) is 23.1 Å². The van der Waals surface area contributed by atoms with Crippen molar-refractivity contribution in [2.75, 3.05) is 33.3 Å². The fourth-order valence-corrected chi connectivity index (χ4v) is 3.64. The molecule has 0 aliphatic carbocycles. The molecule has 150 valence electrons. The van der Waals surface area contributed by atoms with Crippen LogP contribution in [0.1, 0.15) is 20.8 Å². The van der Waals surface area contributed by atoms with Gasteiger partial charge in [0.25, 0.3) is 11.8 Å². The fourth-order valence-electron chi connectivity index (χ4n) is 3.46. The Hall–Kier alpha value is -3.06. The lowest BCUT2D eigenvalue weighted by Gasteiger charge is -2.34. The number of methoxy groups -OCH3 is 1. The highest BCUT2D eigenvalue weighted by atomic mass is 35.5. The molecule has 2 aromatic carbocycles. The number of H-pyrrole nitrogens is 1. The zero-order valence-electron chi connectivity index (χ0n) is 15.7. The molecule has 0 radical (unpaired) electrons. The molecule has 1 aromatic heterocycles. The van der Waals surface area contributed by atoms with Crippen LogP contribution in [0.3, 0.4) is 0 Å². The number of ether oxygens (including phenoxy) is 1. The molecule has 1 saturated heterocycles. The maximum atomic E-state index is 14.0. The Bertz CT molecular complexity index is 1090. The third-order valence-electron chi connectivity index (χ3n) is 5.07. The number of benzene rings is 2. The predicted molar refractivity (Wildman–Crippen MR) is 108 cm³/mol. The van der Waals surface area contributed by atoms with Gasteiger partial charge in [0.05, 0.1) is 12.7 Å². The topological polar surface area (TPSA) is 65.6 Å². The van der Waals surface area contributed by atoms with Gasteiger partial charge in [-0.05, 0) is 36.4 Å². The third kappa shape index (κ3) is 3.78. The first kappa shape index (κ1) is 19.3. The van der Waals surface area contributed by atoms with E-state index in [9.17, 15) is 14.0 Å². The molecule has 1 fully saturated rings. The zero-order valence-corrected chi connectivity index (χ0v) is 16.5. The van der Waals surface area contributed by atoms with Crippen LogP contribution in [0, 0.1) is 5.82 Å². The van der Waals surface area contributed by atoms with Gasteiger partial charge in [0.1, 0.15) is 17.3 Å². The minimum Gasteiger partial charge on any atom is -0.497 e. The molecule has 29 heavy (non-hydrogen) atoms.